The second kappa shape index (κ2) is 2.91. The van der Waals surface area contributed by atoms with E-state index in [2.05, 4.69) is 26.0 Å². The third-order valence-corrected chi connectivity index (χ3v) is 2.08. The van der Waals surface area contributed by atoms with Crippen molar-refractivity contribution in [3.8, 4) is 0 Å². The van der Waals surface area contributed by atoms with E-state index in [4.69, 9.17) is 4.74 Å². The van der Waals surface area contributed by atoms with E-state index in [1.54, 1.807) is 7.11 Å². The summed E-state index contributed by atoms with van der Waals surface area (Å²) >= 11 is 0. The zero-order chi connectivity index (χ0) is 7.56. The molecule has 0 bridgehead atoms. The van der Waals surface area contributed by atoms with Gasteiger partial charge in [0, 0.05) is 6.42 Å². The van der Waals surface area contributed by atoms with Crippen LogP contribution in [0.15, 0.2) is 23.5 Å². The number of allylic oxidation sites excluding steroid dienone is 4. The maximum absolute atomic E-state index is 5.13. The van der Waals surface area contributed by atoms with E-state index in [1.807, 2.05) is 0 Å². The minimum Gasteiger partial charge on any atom is -0.501 e. The van der Waals surface area contributed by atoms with Gasteiger partial charge in [-0.15, -0.1) is 0 Å². The van der Waals surface area contributed by atoms with Crippen LogP contribution in [0.25, 0.3) is 0 Å². The van der Waals surface area contributed by atoms with Crippen LogP contribution in [0.3, 0.4) is 0 Å². The Kier molecular flexibility index (Phi) is 2.15. The molecule has 1 unspecified atom stereocenters. The van der Waals surface area contributed by atoms with Gasteiger partial charge in [0.1, 0.15) is 0 Å². The molecule has 0 aromatic heterocycles. The predicted molar refractivity (Wildman–Crippen MR) is 42.6 cm³/mol. The van der Waals surface area contributed by atoms with Crippen LogP contribution in [-0.4, -0.2) is 7.11 Å². The Hall–Kier alpha value is -0.720. The van der Waals surface area contributed by atoms with Crippen LogP contribution in [0.1, 0.15) is 20.3 Å². The fraction of sp³-hybridized carbons (Fsp3) is 0.556. The van der Waals surface area contributed by atoms with Crippen molar-refractivity contribution in [1.82, 2.24) is 0 Å². The number of ether oxygens (including phenoxy) is 1. The van der Waals surface area contributed by atoms with Gasteiger partial charge in [0.05, 0.1) is 12.9 Å². The van der Waals surface area contributed by atoms with Crippen molar-refractivity contribution >= 4 is 0 Å². The molecule has 0 saturated carbocycles. The molecule has 0 aromatic rings. The molecule has 1 rings (SSSR count). The van der Waals surface area contributed by atoms with E-state index >= 15 is 0 Å². The maximum Gasteiger partial charge on any atom is 0.0961 e. The summed E-state index contributed by atoms with van der Waals surface area (Å²) < 4.78 is 5.13. The van der Waals surface area contributed by atoms with Crippen LogP contribution >= 0.6 is 0 Å². The quantitative estimate of drug-likeness (QED) is 0.541. The summed E-state index contributed by atoms with van der Waals surface area (Å²) in [5.74, 6) is 1.75. The molecule has 1 aliphatic rings. The van der Waals surface area contributed by atoms with E-state index in [1.165, 1.54) is 5.57 Å². The number of methoxy groups -OCH3 is 1. The molecule has 1 heteroatoms. The average molecular weight is 138 g/mol. The summed E-state index contributed by atoms with van der Waals surface area (Å²) in [6, 6.07) is 0. The first kappa shape index (κ1) is 7.39. The summed E-state index contributed by atoms with van der Waals surface area (Å²) in [7, 11) is 1.73. The molecule has 0 radical (unpaired) electrons. The van der Waals surface area contributed by atoms with Gasteiger partial charge >= 0.3 is 0 Å². The molecule has 0 aliphatic heterocycles. The summed E-state index contributed by atoms with van der Waals surface area (Å²) in [6.07, 6.45) is 5.24. The van der Waals surface area contributed by atoms with Gasteiger partial charge in [-0.1, -0.05) is 18.6 Å². The van der Waals surface area contributed by atoms with E-state index < -0.39 is 0 Å². The third-order valence-electron chi connectivity index (χ3n) is 2.08. The van der Waals surface area contributed by atoms with Gasteiger partial charge < -0.3 is 4.74 Å². The third kappa shape index (κ3) is 1.41. The monoisotopic (exact) mass is 138 g/mol. The highest BCUT2D eigenvalue weighted by atomic mass is 16.5. The van der Waals surface area contributed by atoms with Crippen molar-refractivity contribution in [2.24, 2.45) is 5.92 Å². The molecule has 1 nitrogen and oxygen atoms in total. The lowest BCUT2D eigenvalue weighted by Crippen LogP contribution is -2.03. The fourth-order valence-electron chi connectivity index (χ4n) is 1.07. The lowest BCUT2D eigenvalue weighted by Gasteiger charge is -2.17. The lowest BCUT2D eigenvalue weighted by atomic mass is 9.94. The second-order valence-corrected chi connectivity index (χ2v) is 2.85. The second-order valence-electron chi connectivity index (χ2n) is 2.85. The molecular formula is C9H14O. The Morgan fingerprint density at radius 2 is 2.20 bits per heavy atom. The maximum atomic E-state index is 5.13. The molecule has 1 atom stereocenters. The highest BCUT2D eigenvalue weighted by molar-refractivity contribution is 5.21. The molecule has 56 valence electrons. The van der Waals surface area contributed by atoms with Gasteiger partial charge in [-0.05, 0) is 18.9 Å². The molecule has 0 fully saturated rings. The summed E-state index contributed by atoms with van der Waals surface area (Å²) in [4.78, 5) is 0. The Bertz CT molecular complexity index is 177. The van der Waals surface area contributed by atoms with Gasteiger partial charge in [0.25, 0.3) is 0 Å². The van der Waals surface area contributed by atoms with Crippen molar-refractivity contribution in [1.29, 1.82) is 0 Å². The Morgan fingerprint density at radius 3 is 2.70 bits per heavy atom. The molecule has 0 spiro atoms. The van der Waals surface area contributed by atoms with Crippen LogP contribution in [-0.2, 0) is 4.74 Å². The molecule has 0 saturated heterocycles. The number of hydrogen-bond acceptors (Lipinski definition) is 1. The van der Waals surface area contributed by atoms with Crippen LogP contribution in [0, 0.1) is 5.92 Å². The van der Waals surface area contributed by atoms with E-state index in [0.29, 0.717) is 5.92 Å². The van der Waals surface area contributed by atoms with Gasteiger partial charge in [-0.2, -0.15) is 0 Å². The van der Waals surface area contributed by atoms with Crippen molar-refractivity contribution in [2.75, 3.05) is 7.11 Å². The smallest absolute Gasteiger partial charge is 0.0961 e. The van der Waals surface area contributed by atoms with Crippen LogP contribution < -0.4 is 0 Å². The normalized spacial score (nSPS) is 25.3. The highest BCUT2D eigenvalue weighted by Gasteiger charge is 2.10. The number of hydrogen-bond donors (Lipinski definition) is 0. The number of rotatable bonds is 1. The standard InChI is InChI=1S/C9H14O/c1-7-4-5-9(10-3)6-8(7)2/h4-5,8H,6H2,1-3H3. The molecule has 0 aromatic carbocycles. The molecule has 0 heterocycles. The minimum atomic E-state index is 0.653. The first-order chi connectivity index (χ1) is 4.74. The zero-order valence-electron chi connectivity index (χ0n) is 6.85. The Morgan fingerprint density at radius 1 is 1.50 bits per heavy atom. The first-order valence-corrected chi connectivity index (χ1v) is 3.65. The molecular weight excluding hydrogens is 124 g/mol. The summed E-state index contributed by atoms with van der Waals surface area (Å²) in [5.41, 5.74) is 1.45. The summed E-state index contributed by atoms with van der Waals surface area (Å²) in [6.45, 7) is 4.38. The van der Waals surface area contributed by atoms with Gasteiger partial charge in [-0.3, -0.25) is 0 Å². The molecule has 0 amide bonds. The van der Waals surface area contributed by atoms with Gasteiger partial charge in [-0.25, -0.2) is 0 Å². The summed E-state index contributed by atoms with van der Waals surface area (Å²) in [5, 5.41) is 0. The Labute approximate surface area is 62.4 Å². The van der Waals surface area contributed by atoms with E-state index in [9.17, 15) is 0 Å². The highest BCUT2D eigenvalue weighted by Crippen LogP contribution is 2.23. The SMILES string of the molecule is COC1=CC=C(C)C(C)C1. The Balaban J connectivity index is 2.68. The van der Waals surface area contributed by atoms with Crippen LogP contribution in [0.4, 0.5) is 0 Å². The lowest BCUT2D eigenvalue weighted by molar-refractivity contribution is 0.265. The molecule has 10 heavy (non-hydrogen) atoms. The topological polar surface area (TPSA) is 9.23 Å². The minimum absolute atomic E-state index is 0.653. The van der Waals surface area contributed by atoms with Gasteiger partial charge in [0.2, 0.25) is 0 Å². The van der Waals surface area contributed by atoms with Crippen LogP contribution in [0.5, 0.6) is 0 Å². The largest absolute Gasteiger partial charge is 0.501 e. The predicted octanol–water partition coefficient (Wildman–Crippen LogP) is 2.50. The van der Waals surface area contributed by atoms with E-state index in [-0.39, 0.29) is 0 Å². The zero-order valence-corrected chi connectivity index (χ0v) is 6.85. The van der Waals surface area contributed by atoms with Crippen molar-refractivity contribution in [2.45, 2.75) is 20.3 Å². The fourth-order valence-corrected chi connectivity index (χ4v) is 1.07. The van der Waals surface area contributed by atoms with Crippen molar-refractivity contribution in [3.63, 3.8) is 0 Å². The van der Waals surface area contributed by atoms with Crippen molar-refractivity contribution in [3.05, 3.63) is 23.5 Å². The van der Waals surface area contributed by atoms with Crippen molar-refractivity contribution < 1.29 is 4.74 Å². The molecule has 0 N–H and O–H groups in total. The van der Waals surface area contributed by atoms with Gasteiger partial charge in [0.15, 0.2) is 0 Å². The van der Waals surface area contributed by atoms with E-state index in [0.717, 1.165) is 12.2 Å². The first-order valence-electron chi connectivity index (χ1n) is 3.65. The average Bonchev–Trinajstić information content (AvgIpc) is 1.95. The molecule has 1 aliphatic carbocycles. The van der Waals surface area contributed by atoms with Crippen LogP contribution in [0.2, 0.25) is 0 Å².